The second-order valence-corrected chi connectivity index (χ2v) is 14.0. The van der Waals surface area contributed by atoms with E-state index in [0.29, 0.717) is 0 Å². The lowest BCUT2D eigenvalue weighted by atomic mass is 9.77. The van der Waals surface area contributed by atoms with Crippen molar-refractivity contribution in [2.24, 2.45) is 0 Å². The maximum absolute atomic E-state index is 6.56. The Hall–Kier alpha value is -4.96. The van der Waals surface area contributed by atoms with Crippen LogP contribution in [0.5, 0.6) is 0 Å². The lowest BCUT2D eigenvalue weighted by Gasteiger charge is -2.32. The monoisotopic (exact) mass is 606 g/mol. The molecule has 1 heterocycles. The standard InChI is InChI=1S/C44H35BO2/c1-43(2)44(3,4)47-45(46-43)34-21-22-37-39(33-20-18-29-12-6-8-14-31(29)24-33)26-41-36-16-10-9-15-35(36)38(27-42(41)40(37)25-34)32-19-17-28-11-5-7-13-30(28)23-32/h5-27H,1-4H3. The van der Waals surface area contributed by atoms with Gasteiger partial charge in [0.2, 0.25) is 0 Å². The lowest BCUT2D eigenvalue weighted by molar-refractivity contribution is 0.00578. The van der Waals surface area contributed by atoms with Crippen molar-refractivity contribution in [2.75, 3.05) is 0 Å². The molecule has 1 fully saturated rings. The topological polar surface area (TPSA) is 18.5 Å². The van der Waals surface area contributed by atoms with Crippen LogP contribution in [-0.4, -0.2) is 18.3 Å². The maximum atomic E-state index is 6.56. The molecule has 9 rings (SSSR count). The Bertz CT molecular complexity index is 2530. The highest BCUT2D eigenvalue weighted by molar-refractivity contribution is 6.62. The fourth-order valence-electron chi connectivity index (χ4n) is 7.33. The minimum atomic E-state index is -0.441. The summed E-state index contributed by atoms with van der Waals surface area (Å²) in [6.07, 6.45) is 0. The van der Waals surface area contributed by atoms with Gasteiger partial charge in [0.25, 0.3) is 0 Å². The van der Waals surface area contributed by atoms with E-state index in [0.717, 1.165) is 5.46 Å². The van der Waals surface area contributed by atoms with Crippen molar-refractivity contribution in [2.45, 2.75) is 38.9 Å². The van der Waals surface area contributed by atoms with Crippen molar-refractivity contribution < 1.29 is 9.31 Å². The van der Waals surface area contributed by atoms with Crippen LogP contribution in [0.4, 0.5) is 0 Å². The molecule has 0 N–H and O–H groups in total. The Morgan fingerprint density at radius 2 is 0.830 bits per heavy atom. The Morgan fingerprint density at radius 1 is 0.383 bits per heavy atom. The zero-order valence-corrected chi connectivity index (χ0v) is 27.2. The Balaban J connectivity index is 1.36. The van der Waals surface area contributed by atoms with Crippen molar-refractivity contribution in [1.82, 2.24) is 0 Å². The van der Waals surface area contributed by atoms with Gasteiger partial charge in [0.05, 0.1) is 11.2 Å². The van der Waals surface area contributed by atoms with Crippen LogP contribution in [0.25, 0.3) is 76.1 Å². The largest absolute Gasteiger partial charge is 0.494 e. The minimum absolute atomic E-state index is 0.416. The molecule has 1 aliphatic rings. The highest BCUT2D eigenvalue weighted by Gasteiger charge is 2.51. The van der Waals surface area contributed by atoms with Crippen LogP contribution in [0.15, 0.2) is 140 Å². The SMILES string of the molecule is CC1(C)OB(c2ccc3c(-c4ccc5ccccc5c4)cc4c5ccccc5c(-c5ccc6ccccc6c5)cc4c3c2)OC1(C)C. The van der Waals surface area contributed by atoms with Gasteiger partial charge in [-0.1, -0.05) is 115 Å². The smallest absolute Gasteiger partial charge is 0.399 e. The van der Waals surface area contributed by atoms with Crippen molar-refractivity contribution in [3.05, 3.63) is 140 Å². The van der Waals surface area contributed by atoms with Crippen molar-refractivity contribution in [3.8, 4) is 22.3 Å². The summed E-state index contributed by atoms with van der Waals surface area (Å²) in [5.74, 6) is 0. The molecule has 0 aliphatic carbocycles. The first-order valence-electron chi connectivity index (χ1n) is 16.5. The summed E-state index contributed by atoms with van der Waals surface area (Å²) in [5.41, 5.74) is 5.09. The van der Waals surface area contributed by atoms with Crippen LogP contribution in [-0.2, 0) is 9.31 Å². The molecule has 0 radical (unpaired) electrons. The maximum Gasteiger partial charge on any atom is 0.494 e. The third kappa shape index (κ3) is 4.49. The number of hydrogen-bond donors (Lipinski definition) is 0. The molecule has 0 unspecified atom stereocenters. The minimum Gasteiger partial charge on any atom is -0.399 e. The highest BCUT2D eigenvalue weighted by Crippen LogP contribution is 2.43. The van der Waals surface area contributed by atoms with Crippen LogP contribution in [0.3, 0.4) is 0 Å². The van der Waals surface area contributed by atoms with Crippen LogP contribution >= 0.6 is 0 Å². The predicted molar refractivity (Wildman–Crippen MR) is 201 cm³/mol. The van der Waals surface area contributed by atoms with Crippen LogP contribution in [0.1, 0.15) is 27.7 Å². The normalized spacial score (nSPS) is 15.8. The van der Waals surface area contributed by atoms with Gasteiger partial charge in [0.1, 0.15) is 0 Å². The van der Waals surface area contributed by atoms with Gasteiger partial charge >= 0.3 is 7.12 Å². The molecule has 0 aromatic heterocycles. The predicted octanol–water partition coefficient (Wildman–Crippen LogP) is 11.1. The van der Waals surface area contributed by atoms with Gasteiger partial charge in [-0.2, -0.15) is 0 Å². The number of fused-ring (bicyclic) bond motifs is 7. The fourth-order valence-corrected chi connectivity index (χ4v) is 7.33. The van der Waals surface area contributed by atoms with Gasteiger partial charge in [0, 0.05) is 0 Å². The Labute approximate surface area is 275 Å². The van der Waals surface area contributed by atoms with E-state index in [1.54, 1.807) is 0 Å². The number of hydrogen-bond acceptors (Lipinski definition) is 2. The summed E-state index contributed by atoms with van der Waals surface area (Å²) >= 11 is 0. The van der Waals surface area contributed by atoms with E-state index in [1.807, 2.05) is 0 Å². The molecule has 0 amide bonds. The first-order valence-corrected chi connectivity index (χ1v) is 16.5. The van der Waals surface area contributed by atoms with E-state index in [9.17, 15) is 0 Å². The van der Waals surface area contributed by atoms with Gasteiger partial charge in [-0.05, 0) is 134 Å². The van der Waals surface area contributed by atoms with Gasteiger partial charge in [-0.3, -0.25) is 0 Å². The molecule has 3 heteroatoms. The third-order valence-electron chi connectivity index (χ3n) is 10.6. The first kappa shape index (κ1) is 28.3. The molecular weight excluding hydrogens is 571 g/mol. The van der Waals surface area contributed by atoms with E-state index in [1.165, 1.54) is 76.1 Å². The molecule has 1 saturated heterocycles. The van der Waals surface area contributed by atoms with E-state index >= 15 is 0 Å². The third-order valence-corrected chi connectivity index (χ3v) is 10.6. The van der Waals surface area contributed by atoms with E-state index in [-0.39, 0.29) is 0 Å². The molecule has 0 bridgehead atoms. The molecule has 0 saturated carbocycles. The van der Waals surface area contributed by atoms with Gasteiger partial charge in [0.15, 0.2) is 0 Å². The molecule has 8 aromatic rings. The second-order valence-electron chi connectivity index (χ2n) is 14.0. The summed E-state index contributed by atoms with van der Waals surface area (Å²) in [4.78, 5) is 0. The molecule has 47 heavy (non-hydrogen) atoms. The summed E-state index contributed by atoms with van der Waals surface area (Å²) in [6, 6.07) is 51.2. The molecule has 1 aliphatic heterocycles. The quantitative estimate of drug-likeness (QED) is 0.147. The molecular formula is C44H35BO2. The number of rotatable bonds is 3. The van der Waals surface area contributed by atoms with E-state index in [2.05, 4.69) is 167 Å². The molecule has 0 atom stereocenters. The number of benzene rings is 8. The van der Waals surface area contributed by atoms with E-state index < -0.39 is 18.3 Å². The molecule has 0 spiro atoms. The van der Waals surface area contributed by atoms with Gasteiger partial charge < -0.3 is 9.31 Å². The van der Waals surface area contributed by atoms with Gasteiger partial charge in [-0.25, -0.2) is 0 Å². The molecule has 2 nitrogen and oxygen atoms in total. The summed E-state index contributed by atoms with van der Waals surface area (Å²) in [6.45, 7) is 8.46. The molecule has 8 aromatic carbocycles. The van der Waals surface area contributed by atoms with Crippen LogP contribution in [0, 0.1) is 0 Å². The average molecular weight is 607 g/mol. The van der Waals surface area contributed by atoms with Crippen molar-refractivity contribution in [3.63, 3.8) is 0 Å². The van der Waals surface area contributed by atoms with Crippen LogP contribution < -0.4 is 5.46 Å². The Morgan fingerprint density at radius 3 is 1.40 bits per heavy atom. The Kier molecular flexibility index (Phi) is 6.18. The summed E-state index contributed by atoms with van der Waals surface area (Å²) in [5, 5.41) is 12.4. The average Bonchev–Trinajstić information content (AvgIpc) is 3.32. The first-order chi connectivity index (χ1) is 22.8. The molecule has 226 valence electrons. The second kappa shape index (κ2) is 10.3. The van der Waals surface area contributed by atoms with Crippen molar-refractivity contribution >= 4 is 66.4 Å². The zero-order chi connectivity index (χ0) is 31.9. The summed E-state index contributed by atoms with van der Waals surface area (Å²) < 4.78 is 13.1. The summed E-state index contributed by atoms with van der Waals surface area (Å²) in [7, 11) is -0.441. The zero-order valence-electron chi connectivity index (χ0n) is 27.2. The highest BCUT2D eigenvalue weighted by atomic mass is 16.7. The van der Waals surface area contributed by atoms with Crippen molar-refractivity contribution in [1.29, 1.82) is 0 Å². The fraction of sp³-hybridized carbons (Fsp3) is 0.136. The van der Waals surface area contributed by atoms with E-state index in [4.69, 9.17) is 9.31 Å². The lowest BCUT2D eigenvalue weighted by Crippen LogP contribution is -2.41. The van der Waals surface area contributed by atoms with Crippen LogP contribution in [0.2, 0.25) is 0 Å². The van der Waals surface area contributed by atoms with Gasteiger partial charge in [-0.15, -0.1) is 0 Å².